The van der Waals surface area contributed by atoms with Gasteiger partial charge in [-0.15, -0.1) is 10.2 Å². The standard InChI is InChI=1S/C23H34N2O2/c1-4-6-7-8-9-12-17-26-23-16-15-21(24-25-23)20-13-10-11-14-22(20)27-18-19(3)5-2/h10-11,13-16,19H,4-9,12,17-18H2,1-3H3. The monoisotopic (exact) mass is 370 g/mol. The maximum absolute atomic E-state index is 6.00. The molecule has 1 unspecified atom stereocenters. The van der Waals surface area contributed by atoms with Gasteiger partial charge in [-0.25, -0.2) is 0 Å². The molecule has 0 aliphatic rings. The minimum atomic E-state index is 0.530. The van der Waals surface area contributed by atoms with Crippen LogP contribution in [0.3, 0.4) is 0 Å². The molecule has 4 heteroatoms. The van der Waals surface area contributed by atoms with Gasteiger partial charge in [0.1, 0.15) is 5.75 Å². The van der Waals surface area contributed by atoms with E-state index in [2.05, 4.69) is 31.0 Å². The van der Waals surface area contributed by atoms with Crippen LogP contribution in [-0.4, -0.2) is 23.4 Å². The van der Waals surface area contributed by atoms with E-state index in [0.717, 1.165) is 29.8 Å². The molecule has 1 aromatic heterocycles. The zero-order valence-corrected chi connectivity index (χ0v) is 17.1. The molecule has 2 rings (SSSR count). The van der Waals surface area contributed by atoms with Crippen molar-refractivity contribution in [3.05, 3.63) is 36.4 Å². The van der Waals surface area contributed by atoms with Crippen molar-refractivity contribution >= 4 is 0 Å². The maximum Gasteiger partial charge on any atom is 0.233 e. The van der Waals surface area contributed by atoms with Gasteiger partial charge >= 0.3 is 0 Å². The van der Waals surface area contributed by atoms with E-state index in [0.29, 0.717) is 25.0 Å². The van der Waals surface area contributed by atoms with Gasteiger partial charge in [0.2, 0.25) is 5.88 Å². The van der Waals surface area contributed by atoms with Crippen LogP contribution >= 0.6 is 0 Å². The van der Waals surface area contributed by atoms with E-state index in [1.165, 1.54) is 32.1 Å². The maximum atomic E-state index is 6.00. The molecule has 0 aliphatic carbocycles. The molecule has 4 nitrogen and oxygen atoms in total. The highest BCUT2D eigenvalue weighted by Crippen LogP contribution is 2.29. The summed E-state index contributed by atoms with van der Waals surface area (Å²) < 4.78 is 11.7. The van der Waals surface area contributed by atoms with Gasteiger partial charge in [-0.3, -0.25) is 0 Å². The number of hydrogen-bond acceptors (Lipinski definition) is 4. The van der Waals surface area contributed by atoms with Crippen LogP contribution in [-0.2, 0) is 0 Å². The number of para-hydroxylation sites is 1. The lowest BCUT2D eigenvalue weighted by Crippen LogP contribution is -2.08. The van der Waals surface area contributed by atoms with Crippen LogP contribution in [0.15, 0.2) is 36.4 Å². The molecule has 0 radical (unpaired) electrons. The zero-order chi connectivity index (χ0) is 19.3. The number of aromatic nitrogens is 2. The molecule has 0 saturated heterocycles. The molecule has 1 atom stereocenters. The van der Waals surface area contributed by atoms with Gasteiger partial charge in [0.25, 0.3) is 0 Å². The number of hydrogen-bond donors (Lipinski definition) is 0. The Hall–Kier alpha value is -2.10. The quantitative estimate of drug-likeness (QED) is 0.388. The Labute approximate surface area is 164 Å². The van der Waals surface area contributed by atoms with E-state index in [9.17, 15) is 0 Å². The third kappa shape index (κ3) is 7.58. The highest BCUT2D eigenvalue weighted by molar-refractivity contribution is 5.66. The fraction of sp³-hybridized carbons (Fsp3) is 0.565. The van der Waals surface area contributed by atoms with Crippen LogP contribution in [0, 0.1) is 5.92 Å². The van der Waals surface area contributed by atoms with E-state index < -0.39 is 0 Å². The first-order valence-electron chi connectivity index (χ1n) is 10.4. The van der Waals surface area contributed by atoms with Crippen LogP contribution in [0.25, 0.3) is 11.3 Å². The van der Waals surface area contributed by atoms with Gasteiger partial charge in [0.05, 0.1) is 18.9 Å². The van der Waals surface area contributed by atoms with Crippen molar-refractivity contribution in [1.82, 2.24) is 10.2 Å². The van der Waals surface area contributed by atoms with Gasteiger partial charge in [-0.05, 0) is 30.5 Å². The molecule has 0 amide bonds. The third-order valence-electron chi connectivity index (χ3n) is 4.77. The minimum Gasteiger partial charge on any atom is -0.493 e. The van der Waals surface area contributed by atoms with Crippen molar-refractivity contribution in [2.24, 2.45) is 5.92 Å². The smallest absolute Gasteiger partial charge is 0.233 e. The summed E-state index contributed by atoms with van der Waals surface area (Å²) in [5.41, 5.74) is 1.78. The summed E-state index contributed by atoms with van der Waals surface area (Å²) in [5, 5.41) is 8.57. The first-order valence-corrected chi connectivity index (χ1v) is 10.4. The lowest BCUT2D eigenvalue weighted by molar-refractivity contribution is 0.257. The number of nitrogens with zero attached hydrogens (tertiary/aromatic N) is 2. The second-order valence-electron chi connectivity index (χ2n) is 7.19. The molecule has 1 heterocycles. The summed E-state index contributed by atoms with van der Waals surface area (Å²) in [6.45, 7) is 8.02. The van der Waals surface area contributed by atoms with E-state index in [4.69, 9.17) is 9.47 Å². The van der Waals surface area contributed by atoms with Crippen LogP contribution in [0.1, 0.15) is 65.7 Å². The van der Waals surface area contributed by atoms with Crippen molar-refractivity contribution in [3.63, 3.8) is 0 Å². The summed E-state index contributed by atoms with van der Waals surface area (Å²) in [7, 11) is 0. The SMILES string of the molecule is CCCCCCCCOc1ccc(-c2ccccc2OCC(C)CC)nn1. The van der Waals surface area contributed by atoms with Crippen molar-refractivity contribution in [3.8, 4) is 22.9 Å². The Morgan fingerprint density at radius 2 is 1.63 bits per heavy atom. The Morgan fingerprint density at radius 1 is 0.852 bits per heavy atom. The van der Waals surface area contributed by atoms with E-state index >= 15 is 0 Å². The summed E-state index contributed by atoms with van der Waals surface area (Å²) in [6.07, 6.45) is 8.61. The molecular formula is C23H34N2O2. The molecule has 0 aliphatic heterocycles. The van der Waals surface area contributed by atoms with Crippen LogP contribution in [0.4, 0.5) is 0 Å². The average Bonchev–Trinajstić information content (AvgIpc) is 2.72. The summed E-state index contributed by atoms with van der Waals surface area (Å²) in [6, 6.07) is 11.8. The topological polar surface area (TPSA) is 44.2 Å². The number of ether oxygens (including phenoxy) is 2. The first-order chi connectivity index (χ1) is 13.2. The van der Waals surface area contributed by atoms with Crippen LogP contribution < -0.4 is 9.47 Å². The zero-order valence-electron chi connectivity index (χ0n) is 17.1. The van der Waals surface area contributed by atoms with Crippen LogP contribution in [0.2, 0.25) is 0 Å². The van der Waals surface area contributed by atoms with Crippen molar-refractivity contribution in [2.45, 2.75) is 65.7 Å². The van der Waals surface area contributed by atoms with Gasteiger partial charge in [0.15, 0.2) is 0 Å². The van der Waals surface area contributed by atoms with Gasteiger partial charge in [0, 0.05) is 11.6 Å². The Kier molecular flexibility index (Phi) is 9.67. The predicted octanol–water partition coefficient (Wildman–Crippen LogP) is 6.31. The average molecular weight is 371 g/mol. The highest BCUT2D eigenvalue weighted by atomic mass is 16.5. The molecule has 148 valence electrons. The third-order valence-corrected chi connectivity index (χ3v) is 4.77. The number of unbranched alkanes of at least 4 members (excludes halogenated alkanes) is 5. The molecule has 0 fully saturated rings. The summed E-state index contributed by atoms with van der Waals surface area (Å²) >= 11 is 0. The minimum absolute atomic E-state index is 0.530. The molecule has 0 saturated carbocycles. The van der Waals surface area contributed by atoms with Gasteiger partial charge < -0.3 is 9.47 Å². The van der Waals surface area contributed by atoms with Crippen molar-refractivity contribution in [2.75, 3.05) is 13.2 Å². The summed E-state index contributed by atoms with van der Waals surface area (Å²) in [4.78, 5) is 0. The van der Waals surface area contributed by atoms with E-state index in [1.54, 1.807) is 0 Å². The molecule has 27 heavy (non-hydrogen) atoms. The molecule has 0 spiro atoms. The Balaban J connectivity index is 1.86. The molecule has 0 N–H and O–H groups in total. The van der Waals surface area contributed by atoms with Gasteiger partial charge in [-0.2, -0.15) is 0 Å². The number of rotatable bonds is 13. The van der Waals surface area contributed by atoms with Crippen molar-refractivity contribution < 1.29 is 9.47 Å². The molecule has 1 aromatic carbocycles. The summed E-state index contributed by atoms with van der Waals surface area (Å²) in [5.74, 6) is 1.97. The molecule has 2 aromatic rings. The first kappa shape index (κ1) is 21.2. The highest BCUT2D eigenvalue weighted by Gasteiger charge is 2.09. The van der Waals surface area contributed by atoms with Crippen molar-refractivity contribution in [1.29, 1.82) is 0 Å². The normalized spacial score (nSPS) is 12.0. The Bertz CT molecular complexity index is 643. The lowest BCUT2D eigenvalue weighted by atomic mass is 10.1. The van der Waals surface area contributed by atoms with Gasteiger partial charge in [-0.1, -0.05) is 71.4 Å². The Morgan fingerprint density at radius 3 is 2.37 bits per heavy atom. The molecular weight excluding hydrogens is 336 g/mol. The lowest BCUT2D eigenvalue weighted by Gasteiger charge is -2.14. The van der Waals surface area contributed by atoms with Crippen LogP contribution in [0.5, 0.6) is 11.6 Å². The second kappa shape index (κ2) is 12.3. The fourth-order valence-corrected chi connectivity index (χ4v) is 2.75. The largest absolute Gasteiger partial charge is 0.493 e. The van der Waals surface area contributed by atoms with E-state index in [-0.39, 0.29) is 0 Å². The number of benzene rings is 1. The second-order valence-corrected chi connectivity index (χ2v) is 7.19. The predicted molar refractivity (Wildman–Crippen MR) is 111 cm³/mol. The molecule has 0 bridgehead atoms. The van der Waals surface area contributed by atoms with E-state index in [1.807, 2.05) is 36.4 Å². The fourth-order valence-electron chi connectivity index (χ4n) is 2.75.